The fourth-order valence-electron chi connectivity index (χ4n) is 5.71. The highest BCUT2D eigenvalue weighted by Gasteiger charge is 2.39. The molecule has 0 amide bonds. The van der Waals surface area contributed by atoms with Gasteiger partial charge in [0, 0.05) is 0 Å². The smallest absolute Gasteiger partial charge is 0.0822 e. The zero-order valence-electron chi connectivity index (χ0n) is 17.7. The highest BCUT2D eigenvalue weighted by atomic mass is 14.4. The molecule has 2 aliphatic carbocycles. The first-order chi connectivity index (χ1) is 13.2. The van der Waals surface area contributed by atoms with E-state index < -0.39 is 0 Å². The van der Waals surface area contributed by atoms with Crippen molar-refractivity contribution >= 4 is 0 Å². The van der Waals surface area contributed by atoms with E-state index >= 15 is 0 Å². The molecule has 27 heavy (non-hydrogen) atoms. The topological polar surface area (TPSA) is 23.8 Å². The van der Waals surface area contributed by atoms with Crippen molar-refractivity contribution in [3.05, 3.63) is 35.4 Å². The Bertz CT molecular complexity index is 592. The minimum atomic E-state index is -0.223. The quantitative estimate of drug-likeness (QED) is 0.457. The molecule has 0 heterocycles. The van der Waals surface area contributed by atoms with E-state index in [1.807, 2.05) is 0 Å². The van der Waals surface area contributed by atoms with Crippen LogP contribution in [0.15, 0.2) is 24.3 Å². The van der Waals surface area contributed by atoms with Gasteiger partial charge < -0.3 is 0 Å². The van der Waals surface area contributed by atoms with Gasteiger partial charge in [0.05, 0.1) is 11.5 Å². The van der Waals surface area contributed by atoms with Crippen LogP contribution in [-0.2, 0) is 11.8 Å². The Morgan fingerprint density at radius 3 is 2.07 bits per heavy atom. The van der Waals surface area contributed by atoms with E-state index in [1.165, 1.54) is 81.8 Å². The molecular weight excluding hydrogens is 326 g/mol. The number of hydrogen-bond acceptors (Lipinski definition) is 1. The molecule has 1 nitrogen and oxygen atoms in total. The number of aryl methyl sites for hydroxylation is 1. The summed E-state index contributed by atoms with van der Waals surface area (Å²) in [6.07, 6.45) is 16.8. The van der Waals surface area contributed by atoms with E-state index in [0.29, 0.717) is 0 Å². The first kappa shape index (κ1) is 20.4. The van der Waals surface area contributed by atoms with Gasteiger partial charge in [0.2, 0.25) is 0 Å². The Labute approximate surface area is 167 Å². The van der Waals surface area contributed by atoms with Crippen molar-refractivity contribution in [3.8, 4) is 6.07 Å². The molecule has 2 aliphatic rings. The molecule has 0 bridgehead atoms. The van der Waals surface area contributed by atoms with Gasteiger partial charge >= 0.3 is 0 Å². The monoisotopic (exact) mass is 365 g/mol. The number of nitriles is 1. The van der Waals surface area contributed by atoms with Gasteiger partial charge in [0.1, 0.15) is 0 Å². The number of rotatable bonds is 7. The number of hydrogen-bond donors (Lipinski definition) is 0. The molecule has 1 aromatic carbocycles. The van der Waals surface area contributed by atoms with E-state index in [4.69, 9.17) is 0 Å². The second-order valence-corrected chi connectivity index (χ2v) is 9.37. The summed E-state index contributed by atoms with van der Waals surface area (Å²) in [6.45, 7) is 4.60. The molecule has 3 rings (SSSR count). The van der Waals surface area contributed by atoms with Crippen LogP contribution in [0.2, 0.25) is 0 Å². The van der Waals surface area contributed by atoms with Gasteiger partial charge in [-0.1, -0.05) is 70.2 Å². The molecule has 0 unspecified atom stereocenters. The Kier molecular flexibility index (Phi) is 7.40. The van der Waals surface area contributed by atoms with Crippen LogP contribution in [0.1, 0.15) is 102 Å². The molecule has 0 N–H and O–H groups in total. The minimum absolute atomic E-state index is 0.223. The maximum atomic E-state index is 10.1. The molecule has 0 spiro atoms. The van der Waals surface area contributed by atoms with E-state index in [0.717, 1.165) is 30.6 Å². The summed E-state index contributed by atoms with van der Waals surface area (Å²) in [4.78, 5) is 0. The molecule has 0 radical (unpaired) electrons. The predicted octanol–water partition coefficient (Wildman–Crippen LogP) is 7.59. The van der Waals surface area contributed by atoms with Crippen molar-refractivity contribution in [2.24, 2.45) is 17.8 Å². The van der Waals surface area contributed by atoms with E-state index in [-0.39, 0.29) is 5.41 Å². The van der Waals surface area contributed by atoms with Crippen molar-refractivity contribution in [2.45, 2.75) is 103 Å². The highest BCUT2D eigenvalue weighted by Crippen LogP contribution is 2.47. The van der Waals surface area contributed by atoms with Crippen molar-refractivity contribution in [1.29, 1.82) is 5.26 Å². The molecule has 148 valence electrons. The highest BCUT2D eigenvalue weighted by molar-refractivity contribution is 5.35. The Hall–Kier alpha value is -1.29. The molecule has 1 heteroatoms. The first-order valence-corrected chi connectivity index (χ1v) is 11.7. The average Bonchev–Trinajstić information content (AvgIpc) is 2.74. The second-order valence-electron chi connectivity index (χ2n) is 9.37. The van der Waals surface area contributed by atoms with Crippen LogP contribution in [0.3, 0.4) is 0 Å². The van der Waals surface area contributed by atoms with Gasteiger partial charge in [0.25, 0.3) is 0 Å². The summed E-state index contributed by atoms with van der Waals surface area (Å²) < 4.78 is 0. The normalized spacial score (nSPS) is 31.4. The second kappa shape index (κ2) is 9.77. The van der Waals surface area contributed by atoms with Gasteiger partial charge in [-0.05, 0) is 80.2 Å². The average molecular weight is 366 g/mol. The molecule has 0 aliphatic heterocycles. The van der Waals surface area contributed by atoms with E-state index in [9.17, 15) is 5.26 Å². The lowest BCUT2D eigenvalue weighted by atomic mass is 9.63. The zero-order valence-corrected chi connectivity index (χ0v) is 17.7. The van der Waals surface area contributed by atoms with Crippen LogP contribution < -0.4 is 0 Å². The Balaban J connectivity index is 1.57. The molecule has 1 aromatic rings. The van der Waals surface area contributed by atoms with E-state index in [2.05, 4.69) is 44.2 Å². The SMILES string of the molecule is CCCCCc1ccc([C@]2(C#N)CC[C@@H](C3CCC(CC)CC3)CC2)cc1. The third kappa shape index (κ3) is 4.96. The Morgan fingerprint density at radius 1 is 0.889 bits per heavy atom. The molecule has 2 saturated carbocycles. The zero-order chi connectivity index (χ0) is 19.1. The fraction of sp³-hybridized carbons (Fsp3) is 0.731. The fourth-order valence-corrected chi connectivity index (χ4v) is 5.71. The minimum Gasteiger partial charge on any atom is -0.197 e. The van der Waals surface area contributed by atoms with Crippen molar-refractivity contribution in [2.75, 3.05) is 0 Å². The van der Waals surface area contributed by atoms with Crippen molar-refractivity contribution < 1.29 is 0 Å². The first-order valence-electron chi connectivity index (χ1n) is 11.7. The van der Waals surface area contributed by atoms with Gasteiger partial charge in [-0.25, -0.2) is 0 Å². The summed E-state index contributed by atoms with van der Waals surface area (Å²) in [7, 11) is 0. The van der Waals surface area contributed by atoms with E-state index in [1.54, 1.807) is 0 Å². The lowest BCUT2D eigenvalue weighted by molar-refractivity contribution is 0.146. The molecule has 2 fully saturated rings. The number of benzene rings is 1. The lowest BCUT2D eigenvalue weighted by Crippen LogP contribution is -2.33. The van der Waals surface area contributed by atoms with Gasteiger partial charge in [-0.2, -0.15) is 5.26 Å². The maximum Gasteiger partial charge on any atom is 0.0822 e. The number of nitrogens with zero attached hydrogens (tertiary/aromatic N) is 1. The third-order valence-corrected chi connectivity index (χ3v) is 7.81. The van der Waals surface area contributed by atoms with Crippen LogP contribution in [0.5, 0.6) is 0 Å². The third-order valence-electron chi connectivity index (χ3n) is 7.81. The molecular formula is C26H39N. The van der Waals surface area contributed by atoms with Gasteiger partial charge in [0.15, 0.2) is 0 Å². The summed E-state index contributed by atoms with van der Waals surface area (Å²) in [6, 6.07) is 11.8. The Morgan fingerprint density at radius 2 is 1.52 bits per heavy atom. The molecule has 0 aromatic heterocycles. The maximum absolute atomic E-state index is 10.1. The van der Waals surface area contributed by atoms with Gasteiger partial charge in [-0.3, -0.25) is 0 Å². The summed E-state index contributed by atoms with van der Waals surface area (Å²) in [5, 5.41) is 10.1. The summed E-state index contributed by atoms with van der Waals surface area (Å²) >= 11 is 0. The standard InChI is InChI=1S/C26H39N/c1-3-5-6-7-22-10-14-25(15-11-22)26(20-27)18-16-24(17-19-26)23-12-8-21(4-2)9-13-23/h10-11,14-15,21,23-24H,3-9,12-13,16-19H2,1-2H3/t21?,23?,24-,26-. The van der Waals surface area contributed by atoms with Crippen LogP contribution in [0.25, 0.3) is 0 Å². The predicted molar refractivity (Wildman–Crippen MR) is 115 cm³/mol. The lowest BCUT2D eigenvalue weighted by Gasteiger charge is -2.41. The largest absolute Gasteiger partial charge is 0.197 e. The van der Waals surface area contributed by atoms with Crippen molar-refractivity contribution in [3.63, 3.8) is 0 Å². The molecule has 0 saturated heterocycles. The van der Waals surface area contributed by atoms with Crippen molar-refractivity contribution in [1.82, 2.24) is 0 Å². The van der Waals surface area contributed by atoms with Crippen LogP contribution in [-0.4, -0.2) is 0 Å². The summed E-state index contributed by atoms with van der Waals surface area (Å²) in [5.74, 6) is 2.79. The van der Waals surface area contributed by atoms with Crippen LogP contribution >= 0.6 is 0 Å². The van der Waals surface area contributed by atoms with Gasteiger partial charge in [-0.15, -0.1) is 0 Å². The number of unbranched alkanes of at least 4 members (excludes halogenated alkanes) is 2. The van der Waals surface area contributed by atoms with Crippen LogP contribution in [0, 0.1) is 29.1 Å². The van der Waals surface area contributed by atoms with Crippen LogP contribution in [0.4, 0.5) is 0 Å². The molecule has 0 atom stereocenters. The summed E-state index contributed by atoms with van der Waals surface area (Å²) in [5.41, 5.74) is 2.48.